The van der Waals surface area contributed by atoms with Crippen LogP contribution >= 0.6 is 0 Å². The summed E-state index contributed by atoms with van der Waals surface area (Å²) in [6.07, 6.45) is 7.74. The molecule has 0 radical (unpaired) electrons. The number of hydrogen-bond donors (Lipinski definition) is 2. The Morgan fingerprint density at radius 2 is 1.87 bits per heavy atom. The monoisotopic (exact) mass is 429 g/mol. The molecule has 2 bridgehead atoms. The maximum Gasteiger partial charge on any atom is 0.233 e. The fraction of sp³-hybridized carbons (Fsp3) is 0.792. The second-order valence-corrected chi connectivity index (χ2v) is 10.1. The second-order valence-electron chi connectivity index (χ2n) is 10.1. The third-order valence-corrected chi connectivity index (χ3v) is 7.27. The minimum Gasteiger partial charge on any atom is -0.357 e. The molecule has 0 spiro atoms. The number of piperidine rings is 1. The number of nitrogens with one attached hydrogen (secondary N) is 2. The number of amides is 2. The van der Waals surface area contributed by atoms with Gasteiger partial charge in [0.25, 0.3) is 0 Å². The number of rotatable bonds is 8. The second kappa shape index (κ2) is 9.72. The van der Waals surface area contributed by atoms with E-state index in [4.69, 9.17) is 4.99 Å². The fourth-order valence-electron chi connectivity index (χ4n) is 6.02. The van der Waals surface area contributed by atoms with Crippen LogP contribution in [0.3, 0.4) is 0 Å². The normalized spacial score (nSPS) is 33.0. The average molecular weight is 430 g/mol. The van der Waals surface area contributed by atoms with E-state index in [0.717, 1.165) is 38.6 Å². The molecule has 4 aliphatic rings. The van der Waals surface area contributed by atoms with Crippen molar-refractivity contribution in [3.05, 3.63) is 12.2 Å². The lowest BCUT2D eigenvalue weighted by Crippen LogP contribution is -2.44. The van der Waals surface area contributed by atoms with Crippen LogP contribution < -0.4 is 10.6 Å². The van der Waals surface area contributed by atoms with Crippen LogP contribution in [0.5, 0.6) is 0 Å². The molecule has 0 aromatic rings. The van der Waals surface area contributed by atoms with Crippen molar-refractivity contribution in [3.8, 4) is 0 Å². The van der Waals surface area contributed by atoms with E-state index in [0.29, 0.717) is 24.9 Å². The molecule has 3 fully saturated rings. The first-order valence-electron chi connectivity index (χ1n) is 12.3. The molecular formula is C24H39N5O2. The average Bonchev–Trinajstić information content (AvgIpc) is 3.41. The molecule has 0 aromatic heterocycles. The van der Waals surface area contributed by atoms with Gasteiger partial charge in [-0.1, -0.05) is 26.0 Å². The first kappa shape index (κ1) is 22.3. The maximum atomic E-state index is 12.8. The molecule has 5 atom stereocenters. The third-order valence-electron chi connectivity index (χ3n) is 7.27. The molecule has 2 aliphatic carbocycles. The van der Waals surface area contributed by atoms with Gasteiger partial charge in [-0.3, -0.25) is 19.5 Å². The summed E-state index contributed by atoms with van der Waals surface area (Å²) in [6.45, 7) is 12.6. The highest BCUT2D eigenvalue weighted by molar-refractivity contribution is 6.06. The van der Waals surface area contributed by atoms with Gasteiger partial charge >= 0.3 is 0 Å². The van der Waals surface area contributed by atoms with Gasteiger partial charge in [-0.2, -0.15) is 0 Å². The van der Waals surface area contributed by atoms with Crippen LogP contribution in [0.25, 0.3) is 0 Å². The molecule has 7 heteroatoms. The summed E-state index contributed by atoms with van der Waals surface area (Å²) in [6, 6.07) is 0. The number of fused-ring (bicyclic) bond motifs is 5. The van der Waals surface area contributed by atoms with Gasteiger partial charge in [-0.05, 0) is 56.4 Å². The maximum absolute atomic E-state index is 12.8. The molecule has 2 amide bonds. The van der Waals surface area contributed by atoms with E-state index in [1.807, 2.05) is 0 Å². The third kappa shape index (κ3) is 4.81. The van der Waals surface area contributed by atoms with Crippen molar-refractivity contribution >= 4 is 17.8 Å². The number of guanidine groups is 1. The molecule has 1 saturated carbocycles. The number of allylic oxidation sites excluding steroid dienone is 2. The zero-order valence-electron chi connectivity index (χ0n) is 19.3. The molecule has 172 valence electrons. The molecule has 4 rings (SSSR count). The van der Waals surface area contributed by atoms with Crippen LogP contribution in [0, 0.1) is 35.5 Å². The highest BCUT2D eigenvalue weighted by Gasteiger charge is 2.58. The van der Waals surface area contributed by atoms with Crippen LogP contribution in [0.2, 0.25) is 0 Å². The van der Waals surface area contributed by atoms with Gasteiger partial charge < -0.3 is 15.5 Å². The van der Waals surface area contributed by atoms with Gasteiger partial charge in [0.15, 0.2) is 5.96 Å². The van der Waals surface area contributed by atoms with E-state index in [1.165, 1.54) is 24.3 Å². The Balaban J connectivity index is 1.26. The van der Waals surface area contributed by atoms with E-state index in [9.17, 15) is 9.59 Å². The zero-order chi connectivity index (χ0) is 22.0. The predicted molar refractivity (Wildman–Crippen MR) is 122 cm³/mol. The first-order chi connectivity index (χ1) is 15.0. The number of carbonyl (C=O) groups is 2. The number of carbonyl (C=O) groups excluding carboxylic acids is 2. The minimum atomic E-state index is -0.107. The number of aliphatic imine (C=N–C) groups is 1. The van der Waals surface area contributed by atoms with Gasteiger partial charge in [-0.15, -0.1) is 0 Å². The molecule has 2 N–H and O–H groups in total. The van der Waals surface area contributed by atoms with Crippen molar-refractivity contribution in [1.29, 1.82) is 0 Å². The Morgan fingerprint density at radius 3 is 2.52 bits per heavy atom. The summed E-state index contributed by atoms with van der Waals surface area (Å²) < 4.78 is 0. The number of nitrogens with zero attached hydrogens (tertiary/aromatic N) is 3. The molecule has 2 saturated heterocycles. The Kier molecular flexibility index (Phi) is 6.99. The molecule has 5 unspecified atom stereocenters. The van der Waals surface area contributed by atoms with Gasteiger partial charge in [0.2, 0.25) is 11.8 Å². The first-order valence-corrected chi connectivity index (χ1v) is 12.3. The fourth-order valence-corrected chi connectivity index (χ4v) is 6.02. The molecule has 31 heavy (non-hydrogen) atoms. The Bertz CT molecular complexity index is 703. The van der Waals surface area contributed by atoms with Crippen LogP contribution in [0.15, 0.2) is 17.1 Å². The standard InChI is InChI=1S/C24H39N5O2/c1-4-25-24(27-13-17-6-5-10-28(15-17)14-16(2)3)26-9-11-29-22(30)20-18-7-8-19(12-18)21(20)23(29)31/h7-8,16-21H,4-6,9-15H2,1-3H3,(H2,25,26,27). The van der Waals surface area contributed by atoms with E-state index in [1.54, 1.807) is 0 Å². The summed E-state index contributed by atoms with van der Waals surface area (Å²) >= 11 is 0. The summed E-state index contributed by atoms with van der Waals surface area (Å²) in [5, 5.41) is 6.64. The van der Waals surface area contributed by atoms with Crippen molar-refractivity contribution in [3.63, 3.8) is 0 Å². The Hall–Kier alpha value is -1.89. The van der Waals surface area contributed by atoms with E-state index < -0.39 is 0 Å². The van der Waals surface area contributed by atoms with E-state index in [-0.39, 0.29) is 35.5 Å². The largest absolute Gasteiger partial charge is 0.357 e. The van der Waals surface area contributed by atoms with Crippen molar-refractivity contribution in [2.24, 2.45) is 40.5 Å². The van der Waals surface area contributed by atoms with Crippen molar-refractivity contribution in [1.82, 2.24) is 20.4 Å². The molecular weight excluding hydrogens is 390 g/mol. The van der Waals surface area contributed by atoms with E-state index in [2.05, 4.69) is 48.5 Å². The number of likely N-dealkylation sites (tertiary alicyclic amines) is 2. The summed E-state index contributed by atoms with van der Waals surface area (Å²) in [7, 11) is 0. The molecule has 0 aromatic carbocycles. The van der Waals surface area contributed by atoms with Gasteiger partial charge in [0.1, 0.15) is 0 Å². The van der Waals surface area contributed by atoms with Gasteiger partial charge in [0.05, 0.1) is 11.8 Å². The summed E-state index contributed by atoms with van der Waals surface area (Å²) in [5.41, 5.74) is 0. The molecule has 2 heterocycles. The van der Waals surface area contributed by atoms with Crippen LogP contribution in [0.4, 0.5) is 0 Å². The lowest BCUT2D eigenvalue weighted by Gasteiger charge is -2.33. The van der Waals surface area contributed by atoms with Crippen molar-refractivity contribution in [2.75, 3.05) is 45.8 Å². The Labute approximate surface area is 186 Å². The van der Waals surface area contributed by atoms with Crippen LogP contribution in [0.1, 0.15) is 40.0 Å². The predicted octanol–water partition coefficient (Wildman–Crippen LogP) is 1.72. The molecule has 2 aliphatic heterocycles. The highest BCUT2D eigenvalue weighted by atomic mass is 16.2. The van der Waals surface area contributed by atoms with Crippen LogP contribution in [-0.4, -0.2) is 73.4 Å². The quantitative estimate of drug-likeness (QED) is 0.266. The highest BCUT2D eigenvalue weighted by Crippen LogP contribution is 2.52. The zero-order valence-corrected chi connectivity index (χ0v) is 19.3. The van der Waals surface area contributed by atoms with Gasteiger partial charge in [-0.25, -0.2) is 0 Å². The number of imide groups is 1. The van der Waals surface area contributed by atoms with Crippen LogP contribution in [-0.2, 0) is 9.59 Å². The topological polar surface area (TPSA) is 77.0 Å². The molecule has 7 nitrogen and oxygen atoms in total. The summed E-state index contributed by atoms with van der Waals surface area (Å²) in [5.74, 6) is 2.46. The van der Waals surface area contributed by atoms with E-state index >= 15 is 0 Å². The Morgan fingerprint density at radius 1 is 1.16 bits per heavy atom. The summed E-state index contributed by atoms with van der Waals surface area (Å²) in [4.78, 5) is 34.5. The van der Waals surface area contributed by atoms with Gasteiger partial charge in [0, 0.05) is 39.3 Å². The lowest BCUT2D eigenvalue weighted by atomic mass is 9.85. The number of hydrogen-bond acceptors (Lipinski definition) is 4. The van der Waals surface area contributed by atoms with Crippen molar-refractivity contribution in [2.45, 2.75) is 40.0 Å². The smallest absolute Gasteiger partial charge is 0.233 e. The SMILES string of the molecule is CCNC(=NCC1CCCN(CC(C)C)C1)NCCN1C(=O)C2C3C=CC(C3)C2C1=O. The van der Waals surface area contributed by atoms with Crippen molar-refractivity contribution < 1.29 is 9.59 Å². The lowest BCUT2D eigenvalue weighted by molar-refractivity contribution is -0.140. The minimum absolute atomic E-state index is 0.0306.